The summed E-state index contributed by atoms with van der Waals surface area (Å²) in [5.74, 6) is -1.17. The van der Waals surface area contributed by atoms with Crippen LogP contribution in [-0.4, -0.2) is 38.8 Å². The Morgan fingerprint density at radius 3 is 2.57 bits per heavy atom. The molecule has 5 nitrogen and oxygen atoms in total. The number of hydrogen-bond donors (Lipinski definition) is 1. The van der Waals surface area contributed by atoms with Gasteiger partial charge in [0.25, 0.3) is 0 Å². The quantitative estimate of drug-likeness (QED) is 0.920. The van der Waals surface area contributed by atoms with Crippen LogP contribution < -0.4 is 0 Å². The number of aromatic nitrogens is 2. The summed E-state index contributed by atoms with van der Waals surface area (Å²) < 4.78 is 14.5. The molecule has 2 rings (SSSR count). The Balaban J connectivity index is 0.00000220. The SMILES string of the molecule is CC(C(=O)O)N(C)Cc1ccn(-c2ccc(F)cc2)n1.Cl. The summed E-state index contributed by atoms with van der Waals surface area (Å²) in [6.45, 7) is 2.06. The predicted octanol–water partition coefficient (Wildman–Crippen LogP) is 2.34. The van der Waals surface area contributed by atoms with E-state index in [4.69, 9.17) is 5.11 Å². The molecule has 1 atom stereocenters. The van der Waals surface area contributed by atoms with E-state index in [9.17, 15) is 9.18 Å². The van der Waals surface area contributed by atoms with Gasteiger partial charge in [0.15, 0.2) is 0 Å². The summed E-state index contributed by atoms with van der Waals surface area (Å²) in [4.78, 5) is 12.6. The van der Waals surface area contributed by atoms with E-state index in [1.165, 1.54) is 12.1 Å². The fourth-order valence-electron chi connectivity index (χ4n) is 1.76. The summed E-state index contributed by atoms with van der Waals surface area (Å²) in [5, 5.41) is 13.3. The Labute approximate surface area is 128 Å². The summed E-state index contributed by atoms with van der Waals surface area (Å²) in [7, 11) is 1.73. The van der Waals surface area contributed by atoms with Crippen LogP contribution in [0.25, 0.3) is 5.69 Å². The smallest absolute Gasteiger partial charge is 0.320 e. The van der Waals surface area contributed by atoms with E-state index < -0.39 is 12.0 Å². The average Bonchev–Trinajstić information content (AvgIpc) is 2.87. The van der Waals surface area contributed by atoms with Gasteiger partial charge >= 0.3 is 5.97 Å². The Kier molecular flexibility index (Phi) is 5.87. The third-order valence-electron chi connectivity index (χ3n) is 3.17. The minimum atomic E-state index is -0.870. The van der Waals surface area contributed by atoms with E-state index in [1.807, 2.05) is 6.07 Å². The number of halogens is 2. The lowest BCUT2D eigenvalue weighted by Crippen LogP contribution is -2.35. The lowest BCUT2D eigenvalue weighted by Gasteiger charge is -2.19. The van der Waals surface area contributed by atoms with Crippen molar-refractivity contribution in [3.05, 3.63) is 48.0 Å². The van der Waals surface area contributed by atoms with Gasteiger partial charge in [-0.2, -0.15) is 5.10 Å². The van der Waals surface area contributed by atoms with Crippen LogP contribution in [0, 0.1) is 5.82 Å². The van der Waals surface area contributed by atoms with Crippen LogP contribution in [0.3, 0.4) is 0 Å². The minimum absolute atomic E-state index is 0. The summed E-state index contributed by atoms with van der Waals surface area (Å²) >= 11 is 0. The van der Waals surface area contributed by atoms with Gasteiger partial charge in [-0.15, -0.1) is 12.4 Å². The molecule has 1 aromatic carbocycles. The first-order valence-electron chi connectivity index (χ1n) is 6.21. The van der Waals surface area contributed by atoms with Gasteiger partial charge in [-0.05, 0) is 44.3 Å². The molecule has 0 bridgehead atoms. The van der Waals surface area contributed by atoms with Gasteiger partial charge in [0.05, 0.1) is 11.4 Å². The number of benzene rings is 1. The summed E-state index contributed by atoms with van der Waals surface area (Å²) in [6, 6.07) is 7.25. The standard InChI is InChI=1S/C14H16FN3O2.ClH/c1-10(14(19)20)17(2)9-12-7-8-18(16-12)13-5-3-11(15)4-6-13;/h3-8,10H,9H2,1-2H3,(H,19,20);1H. The number of rotatable bonds is 5. The van der Waals surface area contributed by atoms with Crippen LogP contribution in [0.5, 0.6) is 0 Å². The molecule has 1 N–H and O–H groups in total. The number of carboxylic acid groups (broad SMARTS) is 1. The van der Waals surface area contributed by atoms with Crippen molar-refractivity contribution >= 4 is 18.4 Å². The van der Waals surface area contributed by atoms with E-state index >= 15 is 0 Å². The Morgan fingerprint density at radius 1 is 1.38 bits per heavy atom. The molecule has 1 unspecified atom stereocenters. The summed E-state index contributed by atoms with van der Waals surface area (Å²) in [6.07, 6.45) is 1.77. The molecular weight excluding hydrogens is 297 g/mol. The van der Waals surface area contributed by atoms with E-state index in [1.54, 1.807) is 41.9 Å². The number of aliphatic carboxylic acids is 1. The van der Waals surface area contributed by atoms with Gasteiger partial charge in [0, 0.05) is 12.7 Å². The second-order valence-electron chi connectivity index (χ2n) is 4.66. The molecule has 0 amide bonds. The van der Waals surface area contributed by atoms with Crippen LogP contribution in [0.15, 0.2) is 36.5 Å². The molecule has 7 heteroatoms. The number of hydrogen-bond acceptors (Lipinski definition) is 3. The molecule has 0 radical (unpaired) electrons. The molecule has 0 aliphatic heterocycles. The highest BCUT2D eigenvalue weighted by Gasteiger charge is 2.17. The monoisotopic (exact) mass is 313 g/mol. The first-order valence-corrected chi connectivity index (χ1v) is 6.21. The number of carboxylic acids is 1. The van der Waals surface area contributed by atoms with Gasteiger partial charge in [-0.3, -0.25) is 9.69 Å². The third kappa shape index (κ3) is 4.27. The maximum absolute atomic E-state index is 12.9. The fraction of sp³-hybridized carbons (Fsp3) is 0.286. The number of nitrogens with zero attached hydrogens (tertiary/aromatic N) is 3. The Bertz CT molecular complexity index is 601. The lowest BCUT2D eigenvalue weighted by atomic mass is 10.3. The molecular formula is C14H17ClFN3O2. The second-order valence-corrected chi connectivity index (χ2v) is 4.66. The molecule has 0 saturated carbocycles. The van der Waals surface area contributed by atoms with Crippen LogP contribution in [0.2, 0.25) is 0 Å². The largest absolute Gasteiger partial charge is 0.480 e. The molecule has 1 heterocycles. The van der Waals surface area contributed by atoms with Crippen LogP contribution in [-0.2, 0) is 11.3 Å². The fourth-order valence-corrected chi connectivity index (χ4v) is 1.76. The molecule has 1 aromatic heterocycles. The molecule has 21 heavy (non-hydrogen) atoms. The van der Waals surface area contributed by atoms with Crippen molar-refractivity contribution in [1.82, 2.24) is 14.7 Å². The van der Waals surface area contributed by atoms with Gasteiger partial charge in [-0.1, -0.05) is 0 Å². The normalized spacial score (nSPS) is 12.0. The first kappa shape index (κ1) is 17.1. The number of likely N-dealkylation sites (N-methyl/N-ethyl adjacent to an activating group) is 1. The maximum atomic E-state index is 12.9. The second kappa shape index (κ2) is 7.19. The first-order chi connectivity index (χ1) is 9.47. The highest BCUT2D eigenvalue weighted by atomic mass is 35.5. The molecule has 0 aliphatic carbocycles. The highest BCUT2D eigenvalue weighted by Crippen LogP contribution is 2.10. The van der Waals surface area contributed by atoms with Crippen molar-refractivity contribution in [1.29, 1.82) is 0 Å². The van der Waals surface area contributed by atoms with Crippen molar-refractivity contribution in [2.24, 2.45) is 0 Å². The van der Waals surface area contributed by atoms with Crippen LogP contribution in [0.4, 0.5) is 4.39 Å². The molecule has 2 aromatic rings. The number of carbonyl (C=O) groups is 1. The minimum Gasteiger partial charge on any atom is -0.480 e. The molecule has 0 spiro atoms. The van der Waals surface area contributed by atoms with E-state index in [0.717, 1.165) is 11.4 Å². The Hall–Kier alpha value is -1.92. The highest BCUT2D eigenvalue weighted by molar-refractivity contribution is 5.85. The van der Waals surface area contributed by atoms with E-state index in [-0.39, 0.29) is 18.2 Å². The molecule has 0 aliphatic rings. The van der Waals surface area contributed by atoms with Gasteiger partial charge in [-0.25, -0.2) is 9.07 Å². The van der Waals surface area contributed by atoms with E-state index in [0.29, 0.717) is 6.54 Å². The van der Waals surface area contributed by atoms with Crippen molar-refractivity contribution in [3.8, 4) is 5.69 Å². The van der Waals surface area contributed by atoms with Crippen molar-refractivity contribution in [2.45, 2.75) is 19.5 Å². The van der Waals surface area contributed by atoms with Crippen molar-refractivity contribution in [2.75, 3.05) is 7.05 Å². The third-order valence-corrected chi connectivity index (χ3v) is 3.17. The zero-order valence-corrected chi connectivity index (χ0v) is 12.5. The topological polar surface area (TPSA) is 58.4 Å². The van der Waals surface area contributed by atoms with Crippen LogP contribution >= 0.6 is 12.4 Å². The molecule has 0 fully saturated rings. The van der Waals surface area contributed by atoms with Gasteiger partial charge < -0.3 is 5.11 Å². The van der Waals surface area contributed by atoms with E-state index in [2.05, 4.69) is 5.10 Å². The molecule has 114 valence electrons. The average molecular weight is 314 g/mol. The van der Waals surface area contributed by atoms with Crippen molar-refractivity contribution in [3.63, 3.8) is 0 Å². The maximum Gasteiger partial charge on any atom is 0.320 e. The Morgan fingerprint density at radius 2 is 2.00 bits per heavy atom. The van der Waals surface area contributed by atoms with Crippen molar-refractivity contribution < 1.29 is 14.3 Å². The zero-order chi connectivity index (χ0) is 14.7. The van der Waals surface area contributed by atoms with Gasteiger partial charge in [0.1, 0.15) is 11.9 Å². The van der Waals surface area contributed by atoms with Crippen LogP contribution in [0.1, 0.15) is 12.6 Å². The zero-order valence-electron chi connectivity index (χ0n) is 11.7. The lowest BCUT2D eigenvalue weighted by molar-refractivity contribution is -0.142. The van der Waals surface area contributed by atoms with Gasteiger partial charge in [0.2, 0.25) is 0 Å². The molecule has 0 saturated heterocycles. The predicted molar refractivity (Wildman–Crippen MR) is 79.3 cm³/mol. The summed E-state index contributed by atoms with van der Waals surface area (Å²) in [5.41, 5.74) is 1.51.